The smallest absolute Gasteiger partial charge is 0.226 e. The minimum atomic E-state index is -0.740. The lowest BCUT2D eigenvalue weighted by Crippen LogP contribution is -2.78. The molecule has 3 atom stereocenters. The highest BCUT2D eigenvalue weighted by Crippen LogP contribution is 2.73. The van der Waals surface area contributed by atoms with E-state index in [1.54, 1.807) is 6.26 Å². The van der Waals surface area contributed by atoms with Gasteiger partial charge in [-0.1, -0.05) is 60.7 Å². The van der Waals surface area contributed by atoms with Crippen LogP contribution in [-0.4, -0.2) is 17.0 Å². The molecule has 0 aromatic heterocycles. The fourth-order valence-electron chi connectivity index (χ4n) is 5.04. The maximum atomic E-state index is 11.1. The summed E-state index contributed by atoms with van der Waals surface area (Å²) in [7, 11) is 0. The molecule has 2 fully saturated rings. The lowest BCUT2D eigenvalue weighted by atomic mass is 9.50. The Kier molecular flexibility index (Phi) is 2.80. The fraction of sp³-hybridized carbons (Fsp3) is 0.333. The number of aliphatic hydroxyl groups is 1. The Morgan fingerprint density at radius 1 is 0.917 bits per heavy atom. The molecule has 2 aliphatic heterocycles. The largest absolute Gasteiger partial charge is 0.469 e. The van der Waals surface area contributed by atoms with Crippen molar-refractivity contribution in [3.05, 3.63) is 84.1 Å². The van der Waals surface area contributed by atoms with Crippen LogP contribution in [0, 0.1) is 5.41 Å². The Hall–Kier alpha value is -2.10. The summed E-state index contributed by atoms with van der Waals surface area (Å²) in [6, 6.07) is 20.4. The van der Waals surface area contributed by atoms with Gasteiger partial charge in [0, 0.05) is 6.42 Å². The first-order chi connectivity index (χ1) is 11.8. The van der Waals surface area contributed by atoms with Gasteiger partial charge in [0.2, 0.25) is 5.79 Å². The van der Waals surface area contributed by atoms with Gasteiger partial charge in [0.15, 0.2) is 0 Å². The first-order valence-corrected chi connectivity index (χ1v) is 8.60. The van der Waals surface area contributed by atoms with E-state index in [0.29, 0.717) is 0 Å². The summed E-state index contributed by atoms with van der Waals surface area (Å²) < 4.78 is 12.6. The Labute approximate surface area is 141 Å². The molecule has 0 amide bonds. The maximum absolute atomic E-state index is 11.1. The minimum Gasteiger partial charge on any atom is -0.469 e. The van der Waals surface area contributed by atoms with Crippen molar-refractivity contribution in [2.75, 3.05) is 0 Å². The first-order valence-electron chi connectivity index (χ1n) is 8.60. The van der Waals surface area contributed by atoms with E-state index in [0.717, 1.165) is 30.4 Å². The van der Waals surface area contributed by atoms with Crippen LogP contribution in [0.15, 0.2) is 73.0 Å². The zero-order valence-electron chi connectivity index (χ0n) is 13.4. The Morgan fingerprint density at radius 2 is 1.54 bits per heavy atom. The van der Waals surface area contributed by atoms with E-state index in [4.69, 9.17) is 9.47 Å². The molecule has 0 spiro atoms. The van der Waals surface area contributed by atoms with Gasteiger partial charge in [-0.2, -0.15) is 0 Å². The third-order valence-electron chi connectivity index (χ3n) is 5.99. The van der Waals surface area contributed by atoms with Crippen LogP contribution in [0.25, 0.3) is 0 Å². The molecule has 1 aliphatic carbocycles. The lowest BCUT2D eigenvalue weighted by molar-refractivity contribution is -0.455. The van der Waals surface area contributed by atoms with Crippen LogP contribution in [-0.2, 0) is 15.1 Å². The molecule has 1 N–H and O–H groups in total. The molecule has 5 rings (SSSR count). The highest BCUT2D eigenvalue weighted by Gasteiger charge is 2.82. The monoisotopic (exact) mass is 320 g/mol. The van der Waals surface area contributed by atoms with Crippen LogP contribution in [0.1, 0.15) is 30.4 Å². The standard InChI is InChI=1S/C21H20O3/c22-18-12-7-13-20-19(18,14-15-23-20)21(24-20,16-8-3-1-4-9-16)17-10-5-2-6-11-17/h1-6,8-11,14-15,18,22H,7,12-13H2/t18-,19+,20-/m1/s1. The van der Waals surface area contributed by atoms with E-state index in [1.165, 1.54) is 0 Å². The van der Waals surface area contributed by atoms with Crippen molar-refractivity contribution in [1.29, 1.82) is 0 Å². The Balaban J connectivity index is 1.80. The van der Waals surface area contributed by atoms with Crippen LogP contribution in [0.2, 0.25) is 0 Å². The van der Waals surface area contributed by atoms with Gasteiger partial charge < -0.3 is 14.6 Å². The highest BCUT2D eigenvalue weighted by molar-refractivity contribution is 5.49. The summed E-state index contributed by atoms with van der Waals surface area (Å²) in [5.74, 6) is -0.740. The van der Waals surface area contributed by atoms with Crippen molar-refractivity contribution in [3.8, 4) is 0 Å². The zero-order chi connectivity index (χ0) is 16.3. The molecule has 3 nitrogen and oxygen atoms in total. The van der Waals surface area contributed by atoms with Crippen LogP contribution in [0.4, 0.5) is 0 Å². The van der Waals surface area contributed by atoms with Crippen molar-refractivity contribution in [2.24, 2.45) is 5.41 Å². The fourth-order valence-corrected chi connectivity index (χ4v) is 5.04. The number of ether oxygens (including phenoxy) is 2. The van der Waals surface area contributed by atoms with Gasteiger partial charge in [-0.3, -0.25) is 0 Å². The minimum absolute atomic E-state index is 0.501. The number of hydrogen-bond donors (Lipinski definition) is 1. The van der Waals surface area contributed by atoms with Crippen molar-refractivity contribution in [1.82, 2.24) is 0 Å². The average Bonchev–Trinajstić information content (AvgIpc) is 2.95. The topological polar surface area (TPSA) is 38.7 Å². The summed E-state index contributed by atoms with van der Waals surface area (Å²) in [5.41, 5.74) is 0.814. The van der Waals surface area contributed by atoms with Crippen molar-refractivity contribution in [3.63, 3.8) is 0 Å². The number of aliphatic hydroxyl groups excluding tert-OH is 1. The predicted octanol–water partition coefficient (Wildman–Crippen LogP) is 3.73. The van der Waals surface area contributed by atoms with Crippen molar-refractivity contribution in [2.45, 2.75) is 36.8 Å². The molecular weight excluding hydrogens is 300 g/mol. The van der Waals surface area contributed by atoms with E-state index in [-0.39, 0.29) is 0 Å². The van der Waals surface area contributed by atoms with E-state index >= 15 is 0 Å². The zero-order valence-corrected chi connectivity index (χ0v) is 13.4. The number of hydrogen-bond acceptors (Lipinski definition) is 3. The molecule has 3 heteroatoms. The third kappa shape index (κ3) is 1.41. The Morgan fingerprint density at radius 3 is 2.17 bits per heavy atom. The van der Waals surface area contributed by atoms with Gasteiger partial charge in [-0.15, -0.1) is 0 Å². The van der Waals surface area contributed by atoms with Crippen LogP contribution in [0.3, 0.4) is 0 Å². The summed E-state index contributed by atoms with van der Waals surface area (Å²) in [6.45, 7) is 0. The predicted molar refractivity (Wildman–Crippen MR) is 90.0 cm³/mol. The van der Waals surface area contributed by atoms with Crippen LogP contribution < -0.4 is 0 Å². The maximum Gasteiger partial charge on any atom is 0.226 e. The normalized spacial score (nSPS) is 35.5. The molecule has 3 aliphatic rings. The van der Waals surface area contributed by atoms with Gasteiger partial charge in [-0.05, 0) is 30.0 Å². The number of rotatable bonds is 2. The van der Waals surface area contributed by atoms with Gasteiger partial charge in [0.05, 0.1) is 12.4 Å². The van der Waals surface area contributed by atoms with Crippen LogP contribution in [0.5, 0.6) is 0 Å². The molecular formula is C21H20O3. The molecule has 0 bridgehead atoms. The van der Waals surface area contributed by atoms with E-state index < -0.39 is 22.9 Å². The summed E-state index contributed by atoms with van der Waals surface area (Å²) in [6.07, 6.45) is 5.74. The highest BCUT2D eigenvalue weighted by atomic mass is 16.7. The Bertz CT molecular complexity index is 746. The third-order valence-corrected chi connectivity index (χ3v) is 5.99. The molecule has 122 valence electrons. The van der Waals surface area contributed by atoms with E-state index in [9.17, 15) is 5.11 Å². The summed E-state index contributed by atoms with van der Waals surface area (Å²) in [5, 5.41) is 11.1. The second-order valence-corrected chi connectivity index (χ2v) is 6.97. The van der Waals surface area contributed by atoms with Crippen LogP contribution >= 0.6 is 0 Å². The molecule has 2 heterocycles. The van der Waals surface area contributed by atoms with Gasteiger partial charge >= 0.3 is 0 Å². The molecule has 24 heavy (non-hydrogen) atoms. The van der Waals surface area contributed by atoms with E-state index in [2.05, 4.69) is 24.3 Å². The molecule has 1 saturated carbocycles. The molecule has 0 unspecified atom stereocenters. The van der Waals surface area contributed by atoms with Gasteiger partial charge in [0.1, 0.15) is 11.0 Å². The lowest BCUT2D eigenvalue weighted by Gasteiger charge is -2.69. The van der Waals surface area contributed by atoms with E-state index in [1.807, 2.05) is 42.5 Å². The first kappa shape index (κ1) is 14.3. The molecule has 0 radical (unpaired) electrons. The summed E-state index contributed by atoms with van der Waals surface area (Å²) >= 11 is 0. The summed E-state index contributed by atoms with van der Waals surface area (Å²) in [4.78, 5) is 0. The second-order valence-electron chi connectivity index (χ2n) is 6.97. The van der Waals surface area contributed by atoms with Crippen molar-refractivity contribution >= 4 is 0 Å². The molecule has 1 saturated heterocycles. The SMILES string of the molecule is O[C@@H]1CCC[C@]23OC=C[C@]12C(c1ccccc1)(c1ccccc1)O3. The second kappa shape index (κ2) is 4.71. The van der Waals surface area contributed by atoms with Crippen molar-refractivity contribution < 1.29 is 14.6 Å². The average molecular weight is 320 g/mol. The van der Waals surface area contributed by atoms with Gasteiger partial charge in [-0.25, -0.2) is 0 Å². The molecule has 2 aromatic rings. The quantitative estimate of drug-likeness (QED) is 0.916. The van der Waals surface area contributed by atoms with Gasteiger partial charge in [0.25, 0.3) is 0 Å². The molecule has 2 aromatic carbocycles. The number of benzene rings is 2.